The summed E-state index contributed by atoms with van der Waals surface area (Å²) in [4.78, 5) is 11.1. The van der Waals surface area contributed by atoms with Gasteiger partial charge in [-0.2, -0.15) is 5.10 Å². The maximum absolute atomic E-state index is 11.1. The molecule has 1 amide bonds. The molecule has 1 aromatic heterocycles. The van der Waals surface area contributed by atoms with Gasteiger partial charge in [-0.25, -0.2) is 4.68 Å². The number of hydrogen-bond donors (Lipinski definition) is 2. The standard InChI is InChI=1S/C16H22N4O/c1-3-10-18-14(4-2)12-5-7-13(8-6-12)20-11-9-15(19-20)16(17)21/h5-9,11,14,18H,3-4,10H2,1-2H3,(H2,17,21). The molecule has 3 N–H and O–H groups in total. The predicted octanol–water partition coefficient (Wildman–Crippen LogP) is 2.42. The number of hydrogen-bond acceptors (Lipinski definition) is 3. The van der Waals surface area contributed by atoms with Crippen molar-refractivity contribution in [3.8, 4) is 5.69 Å². The van der Waals surface area contributed by atoms with Crippen molar-refractivity contribution < 1.29 is 4.79 Å². The third kappa shape index (κ3) is 3.70. The molecule has 1 unspecified atom stereocenters. The molecule has 1 heterocycles. The van der Waals surface area contributed by atoms with Crippen LogP contribution in [0.15, 0.2) is 36.5 Å². The molecule has 2 rings (SSSR count). The molecule has 2 aromatic rings. The van der Waals surface area contributed by atoms with Gasteiger partial charge in [-0.05, 0) is 43.1 Å². The van der Waals surface area contributed by atoms with Crippen molar-refractivity contribution in [2.45, 2.75) is 32.7 Å². The SMILES string of the molecule is CCCNC(CC)c1ccc(-n2ccc(C(N)=O)n2)cc1. The fourth-order valence-corrected chi connectivity index (χ4v) is 2.27. The Morgan fingerprint density at radius 2 is 2.00 bits per heavy atom. The van der Waals surface area contributed by atoms with E-state index in [9.17, 15) is 4.79 Å². The number of amides is 1. The average Bonchev–Trinajstić information content (AvgIpc) is 2.99. The third-order valence-electron chi connectivity index (χ3n) is 3.45. The molecule has 0 aliphatic rings. The van der Waals surface area contributed by atoms with Crippen LogP contribution >= 0.6 is 0 Å². The van der Waals surface area contributed by atoms with E-state index in [1.807, 2.05) is 12.1 Å². The second kappa shape index (κ2) is 7.04. The fourth-order valence-electron chi connectivity index (χ4n) is 2.27. The molecule has 0 radical (unpaired) electrons. The van der Waals surface area contributed by atoms with Crippen LogP contribution < -0.4 is 11.1 Å². The van der Waals surface area contributed by atoms with E-state index in [2.05, 4.69) is 36.4 Å². The number of rotatable bonds is 7. The molecule has 5 nitrogen and oxygen atoms in total. The van der Waals surface area contributed by atoms with Gasteiger partial charge < -0.3 is 11.1 Å². The highest BCUT2D eigenvalue weighted by Crippen LogP contribution is 2.18. The zero-order valence-electron chi connectivity index (χ0n) is 12.5. The minimum atomic E-state index is -0.514. The molecule has 0 saturated heterocycles. The Bertz CT molecular complexity index is 589. The smallest absolute Gasteiger partial charge is 0.269 e. The van der Waals surface area contributed by atoms with Crippen LogP contribution in [-0.4, -0.2) is 22.2 Å². The Morgan fingerprint density at radius 3 is 2.52 bits per heavy atom. The van der Waals surface area contributed by atoms with E-state index in [0.29, 0.717) is 6.04 Å². The maximum Gasteiger partial charge on any atom is 0.269 e. The molecule has 1 atom stereocenters. The Labute approximate surface area is 125 Å². The fraction of sp³-hybridized carbons (Fsp3) is 0.375. The molecular weight excluding hydrogens is 264 g/mol. The number of aromatic nitrogens is 2. The van der Waals surface area contributed by atoms with E-state index in [0.717, 1.165) is 25.1 Å². The van der Waals surface area contributed by atoms with Crippen LogP contribution in [0.3, 0.4) is 0 Å². The van der Waals surface area contributed by atoms with Gasteiger partial charge in [0.15, 0.2) is 0 Å². The molecule has 0 fully saturated rings. The second-order valence-corrected chi connectivity index (χ2v) is 5.02. The molecule has 21 heavy (non-hydrogen) atoms. The summed E-state index contributed by atoms with van der Waals surface area (Å²) in [6.07, 6.45) is 3.91. The lowest BCUT2D eigenvalue weighted by molar-refractivity contribution is 0.0995. The largest absolute Gasteiger partial charge is 0.364 e. The van der Waals surface area contributed by atoms with E-state index in [4.69, 9.17) is 5.73 Å². The van der Waals surface area contributed by atoms with Crippen LogP contribution in [0.4, 0.5) is 0 Å². The van der Waals surface area contributed by atoms with Gasteiger partial charge in [0.25, 0.3) is 5.91 Å². The quantitative estimate of drug-likeness (QED) is 0.821. The molecule has 0 saturated carbocycles. The summed E-state index contributed by atoms with van der Waals surface area (Å²) in [6.45, 7) is 5.35. The summed E-state index contributed by atoms with van der Waals surface area (Å²) in [5, 5.41) is 7.68. The predicted molar refractivity (Wildman–Crippen MR) is 83.4 cm³/mol. The molecule has 112 valence electrons. The first-order valence-corrected chi connectivity index (χ1v) is 7.34. The maximum atomic E-state index is 11.1. The number of primary amides is 1. The zero-order valence-corrected chi connectivity index (χ0v) is 12.5. The van der Waals surface area contributed by atoms with Crippen molar-refractivity contribution in [2.24, 2.45) is 5.73 Å². The van der Waals surface area contributed by atoms with Crippen molar-refractivity contribution in [1.82, 2.24) is 15.1 Å². The Kier molecular flexibility index (Phi) is 5.11. The average molecular weight is 286 g/mol. The van der Waals surface area contributed by atoms with E-state index in [1.54, 1.807) is 16.9 Å². The molecule has 0 spiro atoms. The number of nitrogens with two attached hydrogens (primary N) is 1. The van der Waals surface area contributed by atoms with E-state index in [1.165, 1.54) is 5.56 Å². The topological polar surface area (TPSA) is 72.9 Å². The lowest BCUT2D eigenvalue weighted by atomic mass is 10.0. The summed E-state index contributed by atoms with van der Waals surface area (Å²) in [6, 6.07) is 10.2. The summed E-state index contributed by atoms with van der Waals surface area (Å²) >= 11 is 0. The lowest BCUT2D eigenvalue weighted by Crippen LogP contribution is -2.21. The van der Waals surface area contributed by atoms with Crippen LogP contribution in [0.25, 0.3) is 5.69 Å². The Hall–Kier alpha value is -2.14. The second-order valence-electron chi connectivity index (χ2n) is 5.02. The molecule has 0 aliphatic heterocycles. The van der Waals surface area contributed by atoms with Crippen LogP contribution in [0.5, 0.6) is 0 Å². The van der Waals surface area contributed by atoms with Gasteiger partial charge in [0, 0.05) is 12.2 Å². The summed E-state index contributed by atoms with van der Waals surface area (Å²) < 4.78 is 1.66. The molecular formula is C16H22N4O. The van der Waals surface area contributed by atoms with Crippen molar-refractivity contribution in [3.63, 3.8) is 0 Å². The first kappa shape index (κ1) is 15.3. The van der Waals surface area contributed by atoms with Crippen molar-refractivity contribution >= 4 is 5.91 Å². The molecule has 1 aromatic carbocycles. The molecule has 0 bridgehead atoms. The van der Waals surface area contributed by atoms with Gasteiger partial charge in [0.05, 0.1) is 5.69 Å². The minimum absolute atomic E-state index is 0.273. The normalized spacial score (nSPS) is 12.3. The summed E-state index contributed by atoms with van der Waals surface area (Å²) in [5.74, 6) is -0.514. The number of carbonyl (C=O) groups excluding carboxylic acids is 1. The van der Waals surface area contributed by atoms with Crippen LogP contribution in [0.1, 0.15) is 48.8 Å². The summed E-state index contributed by atoms with van der Waals surface area (Å²) in [7, 11) is 0. The van der Waals surface area contributed by atoms with Crippen LogP contribution in [0.2, 0.25) is 0 Å². The van der Waals surface area contributed by atoms with Gasteiger partial charge in [0.1, 0.15) is 5.69 Å². The van der Waals surface area contributed by atoms with E-state index in [-0.39, 0.29) is 5.69 Å². The minimum Gasteiger partial charge on any atom is -0.364 e. The molecule has 5 heteroatoms. The van der Waals surface area contributed by atoms with Gasteiger partial charge in [0.2, 0.25) is 0 Å². The highest BCUT2D eigenvalue weighted by molar-refractivity contribution is 5.90. The monoisotopic (exact) mass is 286 g/mol. The first-order chi connectivity index (χ1) is 10.2. The summed E-state index contributed by atoms with van der Waals surface area (Å²) in [5.41, 5.74) is 7.66. The third-order valence-corrected chi connectivity index (χ3v) is 3.45. The highest BCUT2D eigenvalue weighted by Gasteiger charge is 2.09. The van der Waals surface area contributed by atoms with Gasteiger partial charge >= 0.3 is 0 Å². The zero-order chi connectivity index (χ0) is 15.2. The van der Waals surface area contributed by atoms with Gasteiger partial charge in [-0.1, -0.05) is 26.0 Å². The van der Waals surface area contributed by atoms with Crippen LogP contribution in [0, 0.1) is 0 Å². The molecule has 0 aliphatic carbocycles. The first-order valence-electron chi connectivity index (χ1n) is 7.34. The lowest BCUT2D eigenvalue weighted by Gasteiger charge is -2.17. The number of nitrogens with one attached hydrogen (secondary N) is 1. The van der Waals surface area contributed by atoms with Crippen LogP contribution in [-0.2, 0) is 0 Å². The Balaban J connectivity index is 2.15. The van der Waals surface area contributed by atoms with Crippen molar-refractivity contribution in [2.75, 3.05) is 6.54 Å². The van der Waals surface area contributed by atoms with Crippen molar-refractivity contribution in [3.05, 3.63) is 47.8 Å². The number of carbonyl (C=O) groups is 1. The van der Waals surface area contributed by atoms with E-state index < -0.39 is 5.91 Å². The van der Waals surface area contributed by atoms with Gasteiger partial charge in [-0.15, -0.1) is 0 Å². The van der Waals surface area contributed by atoms with Crippen molar-refractivity contribution in [1.29, 1.82) is 0 Å². The van der Waals surface area contributed by atoms with E-state index >= 15 is 0 Å². The number of nitrogens with zero attached hydrogens (tertiary/aromatic N) is 2. The Morgan fingerprint density at radius 1 is 1.29 bits per heavy atom. The number of benzene rings is 1. The van der Waals surface area contributed by atoms with Gasteiger partial charge in [-0.3, -0.25) is 4.79 Å². The highest BCUT2D eigenvalue weighted by atomic mass is 16.1.